The van der Waals surface area contributed by atoms with Gasteiger partial charge in [-0.05, 0) is 26.3 Å². The fourth-order valence-corrected chi connectivity index (χ4v) is 2.79. The van der Waals surface area contributed by atoms with Gasteiger partial charge in [0.15, 0.2) is 5.79 Å². The zero-order chi connectivity index (χ0) is 18.6. The number of alkyl carbamates (subject to hydrolysis) is 1. The smallest absolute Gasteiger partial charge is 0.409 e. The second-order valence-electron chi connectivity index (χ2n) is 6.09. The molecule has 140 valence electrons. The quantitative estimate of drug-likeness (QED) is 0.599. The minimum atomic E-state index is -3.86. The van der Waals surface area contributed by atoms with Gasteiger partial charge in [0.2, 0.25) is 5.72 Å². The lowest BCUT2D eigenvalue weighted by Gasteiger charge is -2.42. The molecule has 1 N–H and O–H groups in total. The van der Waals surface area contributed by atoms with Gasteiger partial charge in [0.25, 0.3) is 10.1 Å². The number of benzene rings is 1. The fraction of sp³-hybridized carbons (Fsp3) is 0.562. The maximum absolute atomic E-state index is 12.1. The van der Waals surface area contributed by atoms with Gasteiger partial charge in [0.05, 0.1) is 5.75 Å². The lowest BCUT2D eigenvalue weighted by Crippen LogP contribution is -2.63. The molecule has 9 heteroatoms. The minimum absolute atomic E-state index is 0.0382. The highest BCUT2D eigenvalue weighted by atomic mass is 32.2. The minimum Gasteiger partial charge on any atom is -0.445 e. The molecule has 0 spiro atoms. The van der Waals surface area contributed by atoms with Crippen LogP contribution in [0, 0.1) is 0 Å². The van der Waals surface area contributed by atoms with E-state index >= 15 is 0 Å². The number of hydrogen-bond donors (Lipinski definition) is 1. The van der Waals surface area contributed by atoms with Gasteiger partial charge < -0.3 is 14.2 Å². The van der Waals surface area contributed by atoms with E-state index in [0.717, 1.165) is 5.56 Å². The number of amides is 1. The molecule has 0 unspecified atom stereocenters. The van der Waals surface area contributed by atoms with E-state index in [4.69, 9.17) is 18.4 Å². The Hall–Kier alpha value is -1.68. The molecule has 0 atom stereocenters. The summed E-state index contributed by atoms with van der Waals surface area (Å²) in [5.74, 6) is -1.16. The molecular formula is C16H23NO7S. The first-order valence-corrected chi connectivity index (χ1v) is 9.43. The van der Waals surface area contributed by atoms with E-state index in [2.05, 4.69) is 5.32 Å². The Labute approximate surface area is 147 Å². The molecule has 0 radical (unpaired) electrons. The van der Waals surface area contributed by atoms with E-state index in [0.29, 0.717) is 0 Å². The third-order valence-corrected chi connectivity index (χ3v) is 4.77. The van der Waals surface area contributed by atoms with Crippen molar-refractivity contribution in [3.8, 4) is 0 Å². The Kier molecular flexibility index (Phi) is 6.04. The summed E-state index contributed by atoms with van der Waals surface area (Å²) in [5, 5.41) is 2.42. The van der Waals surface area contributed by atoms with Gasteiger partial charge in [-0.15, -0.1) is 0 Å². The normalized spacial score (nSPS) is 19.2. The lowest BCUT2D eigenvalue weighted by molar-refractivity contribution is -0.299. The van der Waals surface area contributed by atoms with Crippen LogP contribution in [0.15, 0.2) is 30.3 Å². The SMILES string of the molecule is CCS(=O)(=O)OC1(NC(=O)OCc2ccccc2)COC(C)(C)OC1. The third kappa shape index (κ3) is 5.96. The maximum atomic E-state index is 12.1. The molecule has 0 aromatic heterocycles. The first-order chi connectivity index (χ1) is 11.7. The number of rotatable bonds is 6. The highest BCUT2D eigenvalue weighted by Crippen LogP contribution is 2.26. The molecule has 1 aliphatic heterocycles. The monoisotopic (exact) mass is 373 g/mol. The van der Waals surface area contributed by atoms with Crippen LogP contribution in [0.3, 0.4) is 0 Å². The Morgan fingerprint density at radius 3 is 2.36 bits per heavy atom. The van der Waals surface area contributed by atoms with Crippen molar-refractivity contribution in [3.63, 3.8) is 0 Å². The van der Waals surface area contributed by atoms with E-state index in [1.807, 2.05) is 18.2 Å². The first-order valence-electron chi connectivity index (χ1n) is 7.85. The van der Waals surface area contributed by atoms with Crippen molar-refractivity contribution in [2.75, 3.05) is 19.0 Å². The van der Waals surface area contributed by atoms with Crippen LogP contribution < -0.4 is 5.32 Å². The number of ether oxygens (including phenoxy) is 3. The molecule has 0 saturated carbocycles. The van der Waals surface area contributed by atoms with Crippen molar-refractivity contribution in [1.29, 1.82) is 0 Å². The molecule has 0 aliphatic carbocycles. The number of carbonyl (C=O) groups is 1. The van der Waals surface area contributed by atoms with Gasteiger partial charge in [-0.25, -0.2) is 8.98 Å². The summed E-state index contributed by atoms with van der Waals surface area (Å²) >= 11 is 0. The van der Waals surface area contributed by atoms with Crippen molar-refractivity contribution in [2.24, 2.45) is 0 Å². The van der Waals surface area contributed by atoms with Crippen LogP contribution in [0.25, 0.3) is 0 Å². The standard InChI is InChI=1S/C16H23NO7S/c1-4-25(19,20)24-16(11-22-15(2,3)23-12-16)17-14(18)21-10-13-8-6-5-7-9-13/h5-9H,4,10-12H2,1-3H3,(H,17,18). The van der Waals surface area contributed by atoms with Gasteiger partial charge in [0, 0.05) is 0 Å². The fourth-order valence-electron chi connectivity index (χ4n) is 2.05. The summed E-state index contributed by atoms with van der Waals surface area (Å²) in [6.45, 7) is 4.44. The Balaban J connectivity index is 2.04. The van der Waals surface area contributed by atoms with Crippen molar-refractivity contribution in [3.05, 3.63) is 35.9 Å². The molecule has 1 aliphatic rings. The zero-order valence-corrected chi connectivity index (χ0v) is 15.3. The van der Waals surface area contributed by atoms with Crippen molar-refractivity contribution < 1.29 is 31.6 Å². The number of hydrogen-bond acceptors (Lipinski definition) is 7. The third-order valence-electron chi connectivity index (χ3n) is 3.49. The molecule has 8 nitrogen and oxygen atoms in total. The summed E-state index contributed by atoms with van der Waals surface area (Å²) < 4.78 is 44.9. The maximum Gasteiger partial charge on any atom is 0.409 e. The average molecular weight is 373 g/mol. The molecule has 0 bridgehead atoms. The van der Waals surface area contributed by atoms with Crippen LogP contribution in [0.5, 0.6) is 0 Å². The predicted octanol–water partition coefficient (Wildman–Crippen LogP) is 1.76. The van der Waals surface area contributed by atoms with Crippen LogP contribution in [0.4, 0.5) is 4.79 Å². The van der Waals surface area contributed by atoms with Crippen molar-refractivity contribution in [1.82, 2.24) is 5.32 Å². The van der Waals surface area contributed by atoms with Crippen LogP contribution >= 0.6 is 0 Å². The summed E-state index contributed by atoms with van der Waals surface area (Å²) in [7, 11) is -3.86. The Morgan fingerprint density at radius 1 is 1.20 bits per heavy atom. The van der Waals surface area contributed by atoms with Gasteiger partial charge in [-0.3, -0.25) is 5.32 Å². The second kappa shape index (κ2) is 7.69. The van der Waals surface area contributed by atoms with E-state index in [1.165, 1.54) is 6.92 Å². The molecule has 2 rings (SSSR count). The molecule has 25 heavy (non-hydrogen) atoms. The molecular weight excluding hydrogens is 350 g/mol. The molecule has 1 aromatic carbocycles. The van der Waals surface area contributed by atoms with E-state index in [-0.39, 0.29) is 25.6 Å². The largest absolute Gasteiger partial charge is 0.445 e. The average Bonchev–Trinajstić information content (AvgIpc) is 2.57. The number of carbonyl (C=O) groups excluding carboxylic acids is 1. The molecule has 1 amide bonds. The van der Waals surface area contributed by atoms with Crippen LogP contribution in [0.2, 0.25) is 0 Å². The highest BCUT2D eigenvalue weighted by molar-refractivity contribution is 7.86. The first kappa shape index (κ1) is 19.6. The predicted molar refractivity (Wildman–Crippen MR) is 89.0 cm³/mol. The highest BCUT2D eigenvalue weighted by Gasteiger charge is 2.45. The van der Waals surface area contributed by atoms with E-state index in [1.54, 1.807) is 26.0 Å². The summed E-state index contributed by atoms with van der Waals surface area (Å²) in [6.07, 6.45) is -0.831. The summed E-state index contributed by atoms with van der Waals surface area (Å²) in [4.78, 5) is 12.1. The topological polar surface area (TPSA) is 100 Å². The van der Waals surface area contributed by atoms with E-state index in [9.17, 15) is 13.2 Å². The Morgan fingerprint density at radius 2 is 1.80 bits per heavy atom. The summed E-state index contributed by atoms with van der Waals surface area (Å²) in [6, 6.07) is 9.09. The van der Waals surface area contributed by atoms with Gasteiger partial charge in [0.1, 0.15) is 19.8 Å². The zero-order valence-electron chi connectivity index (χ0n) is 14.5. The number of nitrogens with one attached hydrogen (secondary N) is 1. The summed E-state index contributed by atoms with van der Waals surface area (Å²) in [5.41, 5.74) is -0.871. The van der Waals surface area contributed by atoms with Crippen LogP contribution in [0.1, 0.15) is 26.3 Å². The second-order valence-corrected chi connectivity index (χ2v) is 7.95. The molecule has 1 heterocycles. The van der Waals surface area contributed by atoms with E-state index < -0.39 is 27.7 Å². The molecule has 1 aromatic rings. The van der Waals surface area contributed by atoms with Gasteiger partial charge in [-0.1, -0.05) is 30.3 Å². The van der Waals surface area contributed by atoms with Gasteiger partial charge >= 0.3 is 6.09 Å². The molecule has 1 fully saturated rings. The Bertz CT molecular complexity index is 678. The van der Waals surface area contributed by atoms with Crippen molar-refractivity contribution >= 4 is 16.2 Å². The molecule has 1 saturated heterocycles. The lowest BCUT2D eigenvalue weighted by atomic mass is 10.2. The van der Waals surface area contributed by atoms with Crippen molar-refractivity contribution in [2.45, 2.75) is 38.9 Å². The van der Waals surface area contributed by atoms with Crippen LogP contribution in [-0.4, -0.2) is 45.0 Å². The van der Waals surface area contributed by atoms with Gasteiger partial charge in [-0.2, -0.15) is 8.42 Å². The van der Waals surface area contributed by atoms with Crippen LogP contribution in [-0.2, 0) is 35.1 Å².